The number of allylic oxidation sites excluding steroid dienone is 1. The molecule has 0 aliphatic heterocycles. The number of Topliss-reactive ketones (excluding diaryl/α,β-unsaturated/α-hetero) is 1. The molecule has 7 atom stereocenters. The van der Waals surface area contributed by atoms with E-state index in [0.717, 1.165) is 32.1 Å². The van der Waals surface area contributed by atoms with Crippen molar-refractivity contribution in [1.29, 1.82) is 0 Å². The van der Waals surface area contributed by atoms with Gasteiger partial charge in [-0.25, -0.2) is 0 Å². The second-order valence-corrected chi connectivity index (χ2v) is 11.3. The molecule has 0 heterocycles. The molecule has 4 aliphatic rings. The zero-order valence-electron chi connectivity index (χ0n) is 20.9. The molecule has 0 bridgehead atoms. The van der Waals surface area contributed by atoms with Crippen LogP contribution in [0, 0.1) is 34.5 Å². The molecular weight excluding hydrogens is 447 g/mol. The number of carbonyl (C=O) groups is 4. The molecule has 4 aliphatic carbocycles. The van der Waals surface area contributed by atoms with Crippen molar-refractivity contribution in [2.45, 2.75) is 84.2 Å². The smallest absolute Gasteiger partial charge is 0.550 e. The molecule has 8 heteroatoms. The summed E-state index contributed by atoms with van der Waals surface area (Å²) in [5.41, 5.74) is -0.897. The first-order valence-electron chi connectivity index (χ1n) is 12.3. The van der Waals surface area contributed by atoms with E-state index in [-0.39, 0.29) is 59.0 Å². The van der Waals surface area contributed by atoms with E-state index in [0.29, 0.717) is 24.7 Å². The third-order valence-electron chi connectivity index (χ3n) is 9.87. The minimum atomic E-state index is -1.59. The van der Waals surface area contributed by atoms with Crippen molar-refractivity contribution >= 4 is 23.5 Å². The van der Waals surface area contributed by atoms with E-state index < -0.39 is 41.8 Å². The van der Waals surface area contributed by atoms with Crippen LogP contribution in [0.1, 0.15) is 78.6 Å². The number of ketones is 2. The molecule has 3 fully saturated rings. The first-order chi connectivity index (χ1) is 15.4. The van der Waals surface area contributed by atoms with Crippen molar-refractivity contribution in [3.63, 3.8) is 0 Å². The summed E-state index contributed by atoms with van der Waals surface area (Å²) in [6, 6.07) is 0. The zero-order valence-corrected chi connectivity index (χ0v) is 22.9. The molecule has 4 rings (SSSR count). The standard InChI is InChI=1S/C26H36O7.Na/c1-15-12-20-18-5-4-16-13-17(27)8-10-24(16,2)19(18)9-11-25(20,3)26(15,32)21(28)14-33-23(31)7-6-22(29)30;/h13,15,18-20,32H,4-12,14H2,1-3H3,(H,29,30);/q;+1/p-1/t15-,18+,19-,20-,24-,25-,26-;/m0./s1. The number of hydrogen-bond donors (Lipinski definition) is 1. The number of aliphatic carboxylic acids is 1. The topological polar surface area (TPSA) is 121 Å². The summed E-state index contributed by atoms with van der Waals surface area (Å²) in [6.45, 7) is 5.68. The number of hydrogen-bond acceptors (Lipinski definition) is 7. The van der Waals surface area contributed by atoms with Gasteiger partial charge in [0.1, 0.15) is 5.60 Å². The van der Waals surface area contributed by atoms with Gasteiger partial charge in [-0.3, -0.25) is 14.4 Å². The molecule has 34 heavy (non-hydrogen) atoms. The average molecular weight is 483 g/mol. The number of rotatable bonds is 6. The fourth-order valence-electron chi connectivity index (χ4n) is 8.03. The first kappa shape index (κ1) is 27.6. The number of carboxylic acid groups (broad SMARTS) is 1. The normalized spacial score (nSPS) is 40.7. The van der Waals surface area contributed by atoms with E-state index in [1.807, 2.05) is 19.9 Å². The van der Waals surface area contributed by atoms with E-state index in [1.165, 1.54) is 5.57 Å². The van der Waals surface area contributed by atoms with Gasteiger partial charge in [0.05, 0.1) is 6.42 Å². The van der Waals surface area contributed by atoms with E-state index >= 15 is 0 Å². The van der Waals surface area contributed by atoms with Crippen LogP contribution in [0.4, 0.5) is 0 Å². The Morgan fingerprint density at radius 2 is 1.82 bits per heavy atom. The number of ether oxygens (including phenoxy) is 1. The predicted molar refractivity (Wildman–Crippen MR) is 116 cm³/mol. The molecule has 1 N–H and O–H groups in total. The van der Waals surface area contributed by atoms with Gasteiger partial charge in [-0.1, -0.05) is 26.3 Å². The molecule has 182 valence electrons. The number of carboxylic acids is 1. The summed E-state index contributed by atoms with van der Waals surface area (Å²) < 4.78 is 5.03. The Morgan fingerprint density at radius 1 is 1.12 bits per heavy atom. The van der Waals surface area contributed by atoms with E-state index in [1.54, 1.807) is 0 Å². The monoisotopic (exact) mass is 482 g/mol. The SMILES string of the molecule is C[C@H]1C[C@H]2[C@@H]3CCC4=CC(=O)CC[C@]4(C)[C@H]3CC[C@]2(C)[C@@]1(O)C(=O)COC(=O)CCC(=O)[O-].[Na+]. The van der Waals surface area contributed by atoms with Crippen molar-refractivity contribution in [1.82, 2.24) is 0 Å². The molecular formula is C26H35NaO7. The Labute approximate surface area is 223 Å². The zero-order chi connectivity index (χ0) is 24.2. The van der Waals surface area contributed by atoms with Crippen molar-refractivity contribution in [2.24, 2.45) is 34.5 Å². The van der Waals surface area contributed by atoms with Crippen molar-refractivity contribution in [2.75, 3.05) is 6.61 Å². The Bertz CT molecular complexity index is 913. The largest absolute Gasteiger partial charge is 1.00 e. The molecule has 0 radical (unpaired) electrons. The van der Waals surface area contributed by atoms with Gasteiger partial charge in [-0.2, -0.15) is 0 Å². The summed E-state index contributed by atoms with van der Waals surface area (Å²) in [6.07, 6.45) is 6.74. The molecule has 0 amide bonds. The predicted octanol–water partition coefficient (Wildman–Crippen LogP) is -0.858. The third-order valence-corrected chi connectivity index (χ3v) is 9.87. The van der Waals surface area contributed by atoms with Crippen LogP contribution < -0.4 is 34.7 Å². The molecule has 0 unspecified atom stereocenters. The molecule has 7 nitrogen and oxygen atoms in total. The summed E-state index contributed by atoms with van der Waals surface area (Å²) in [4.78, 5) is 47.7. The summed E-state index contributed by atoms with van der Waals surface area (Å²) in [7, 11) is 0. The molecule has 0 spiro atoms. The van der Waals surface area contributed by atoms with Crippen LogP contribution in [0.15, 0.2) is 11.6 Å². The molecule has 0 aromatic heterocycles. The summed E-state index contributed by atoms with van der Waals surface area (Å²) in [5.74, 6) is -1.65. The van der Waals surface area contributed by atoms with E-state index in [4.69, 9.17) is 4.74 Å². The van der Waals surface area contributed by atoms with Gasteiger partial charge in [-0.15, -0.1) is 0 Å². The van der Waals surface area contributed by atoms with E-state index in [9.17, 15) is 29.4 Å². The average Bonchev–Trinajstić information content (AvgIpc) is 2.98. The first-order valence-corrected chi connectivity index (χ1v) is 12.3. The maximum absolute atomic E-state index is 13.3. The number of esters is 1. The number of aliphatic hydroxyl groups is 1. The number of fused-ring (bicyclic) bond motifs is 5. The summed E-state index contributed by atoms with van der Waals surface area (Å²) in [5, 5.41) is 22.4. The maximum Gasteiger partial charge on any atom is 1.00 e. The fraction of sp³-hybridized carbons (Fsp3) is 0.769. The van der Waals surface area contributed by atoms with Gasteiger partial charge >= 0.3 is 35.5 Å². The quantitative estimate of drug-likeness (QED) is 0.386. The van der Waals surface area contributed by atoms with Gasteiger partial charge in [0, 0.05) is 17.8 Å². The van der Waals surface area contributed by atoms with Crippen LogP contribution in [0.3, 0.4) is 0 Å². The second kappa shape index (κ2) is 9.79. The van der Waals surface area contributed by atoms with Crippen molar-refractivity contribution in [3.05, 3.63) is 11.6 Å². The van der Waals surface area contributed by atoms with Gasteiger partial charge in [0.15, 0.2) is 12.4 Å². The number of carbonyl (C=O) groups excluding carboxylic acids is 4. The minimum Gasteiger partial charge on any atom is -0.550 e. The summed E-state index contributed by atoms with van der Waals surface area (Å²) >= 11 is 0. The van der Waals surface area contributed by atoms with Crippen LogP contribution in [-0.4, -0.2) is 40.8 Å². The van der Waals surface area contributed by atoms with Crippen molar-refractivity contribution in [3.8, 4) is 0 Å². The fourth-order valence-corrected chi connectivity index (χ4v) is 8.03. The van der Waals surface area contributed by atoms with Crippen LogP contribution in [0.2, 0.25) is 0 Å². The Kier molecular flexibility index (Phi) is 7.94. The Hall–Kier alpha value is -1.02. The van der Waals surface area contributed by atoms with Gasteiger partial charge in [-0.05, 0) is 80.1 Å². The Morgan fingerprint density at radius 3 is 2.50 bits per heavy atom. The molecule has 0 aromatic rings. The third kappa shape index (κ3) is 4.25. The van der Waals surface area contributed by atoms with Crippen molar-refractivity contribution < 1.29 is 63.7 Å². The molecule has 0 saturated heterocycles. The van der Waals surface area contributed by atoms with Crippen LogP contribution >= 0.6 is 0 Å². The second-order valence-electron chi connectivity index (χ2n) is 11.3. The Balaban J connectivity index is 0.00000324. The van der Waals surface area contributed by atoms with Gasteiger partial charge in [0.25, 0.3) is 0 Å². The van der Waals surface area contributed by atoms with Crippen LogP contribution in [0.5, 0.6) is 0 Å². The van der Waals surface area contributed by atoms with Crippen LogP contribution in [-0.2, 0) is 23.9 Å². The van der Waals surface area contributed by atoms with Gasteiger partial charge < -0.3 is 19.7 Å². The molecule has 0 aromatic carbocycles. The van der Waals surface area contributed by atoms with E-state index in [2.05, 4.69) is 6.92 Å². The van der Waals surface area contributed by atoms with Gasteiger partial charge in [0.2, 0.25) is 5.78 Å². The van der Waals surface area contributed by atoms with Crippen LogP contribution in [0.25, 0.3) is 0 Å². The molecule has 3 saturated carbocycles. The minimum absolute atomic E-state index is 0. The maximum atomic E-state index is 13.3.